The van der Waals surface area contributed by atoms with E-state index in [0.29, 0.717) is 0 Å². The van der Waals surface area contributed by atoms with Crippen molar-refractivity contribution in [3.63, 3.8) is 0 Å². The van der Waals surface area contributed by atoms with Crippen molar-refractivity contribution in [2.75, 3.05) is 0 Å². The van der Waals surface area contributed by atoms with Crippen LogP contribution in [0.3, 0.4) is 0 Å². The smallest absolute Gasteiger partial charge is 0.321 e. The third-order valence-corrected chi connectivity index (χ3v) is 3.01. The quantitative estimate of drug-likeness (QED) is 0.452. The van der Waals surface area contributed by atoms with E-state index in [4.69, 9.17) is 10.2 Å². The summed E-state index contributed by atoms with van der Waals surface area (Å²) >= 11 is 0. The average molecular weight is 268 g/mol. The van der Waals surface area contributed by atoms with Gasteiger partial charge in [-0.05, 0) is 20.3 Å². The Morgan fingerprint density at radius 2 is 1.71 bits per heavy atom. The molecule has 0 bridgehead atoms. The second kappa shape index (κ2) is 6.52. The molecule has 0 aromatic heterocycles. The molecule has 8 nitrogen and oxygen atoms in total. The predicted molar refractivity (Wildman–Crippen MR) is 58.6 cm³/mol. The highest BCUT2D eigenvalue weighted by molar-refractivity contribution is 7.87. The number of hydrogen-bond acceptors (Lipinski definition) is 4. The normalized spacial score (nSPS) is 13.6. The van der Waals surface area contributed by atoms with E-state index in [1.807, 2.05) is 4.72 Å². The van der Waals surface area contributed by atoms with E-state index in [9.17, 15) is 18.0 Å². The van der Waals surface area contributed by atoms with Gasteiger partial charge in [0.2, 0.25) is 0 Å². The number of rotatable bonds is 8. The van der Waals surface area contributed by atoms with Crippen molar-refractivity contribution in [1.82, 2.24) is 9.44 Å². The lowest BCUT2D eigenvalue weighted by molar-refractivity contribution is -0.140. The van der Waals surface area contributed by atoms with Crippen LogP contribution in [0.1, 0.15) is 26.7 Å². The first-order valence-corrected chi connectivity index (χ1v) is 6.36. The highest BCUT2D eigenvalue weighted by Gasteiger charge is 2.24. The molecule has 0 fully saturated rings. The lowest BCUT2D eigenvalue weighted by atomic mass is 10.2. The third-order valence-electron chi connectivity index (χ3n) is 1.63. The summed E-state index contributed by atoms with van der Waals surface area (Å²) in [5.41, 5.74) is 0. The van der Waals surface area contributed by atoms with E-state index in [1.165, 1.54) is 0 Å². The van der Waals surface area contributed by atoms with Crippen LogP contribution in [0.4, 0.5) is 0 Å². The standard InChI is InChI=1S/C8H16N2O6S/c1-5(2)9-17(15,16)10-6(8(13)14)3-4-7(11)12/h5-6,9-10H,3-4H2,1-2H3,(H,11,12)(H,13,14)/t6-/m0/s1. The molecule has 0 rings (SSSR count). The van der Waals surface area contributed by atoms with E-state index in [-0.39, 0.29) is 12.5 Å². The fraction of sp³-hybridized carbons (Fsp3) is 0.750. The molecule has 0 aromatic carbocycles. The van der Waals surface area contributed by atoms with E-state index in [0.717, 1.165) is 0 Å². The van der Waals surface area contributed by atoms with Gasteiger partial charge in [-0.15, -0.1) is 0 Å². The van der Waals surface area contributed by atoms with Gasteiger partial charge in [-0.2, -0.15) is 17.9 Å². The Balaban J connectivity index is 4.54. The molecule has 0 radical (unpaired) electrons. The minimum Gasteiger partial charge on any atom is -0.481 e. The number of aliphatic carboxylic acids is 2. The lowest BCUT2D eigenvalue weighted by Gasteiger charge is -2.15. The largest absolute Gasteiger partial charge is 0.481 e. The lowest BCUT2D eigenvalue weighted by Crippen LogP contribution is -2.48. The summed E-state index contributed by atoms with van der Waals surface area (Å²) in [7, 11) is -3.95. The van der Waals surface area contributed by atoms with Gasteiger partial charge in [0.15, 0.2) is 0 Å². The summed E-state index contributed by atoms with van der Waals surface area (Å²) in [5, 5.41) is 17.1. The first kappa shape index (κ1) is 15.8. The Bertz CT molecular complexity index is 377. The van der Waals surface area contributed by atoms with Crippen LogP contribution >= 0.6 is 0 Å². The topological polar surface area (TPSA) is 133 Å². The van der Waals surface area contributed by atoms with Crippen molar-refractivity contribution in [3.8, 4) is 0 Å². The van der Waals surface area contributed by atoms with Crippen molar-refractivity contribution in [2.24, 2.45) is 0 Å². The van der Waals surface area contributed by atoms with Gasteiger partial charge in [-0.3, -0.25) is 9.59 Å². The fourth-order valence-corrected chi connectivity index (χ4v) is 2.31. The van der Waals surface area contributed by atoms with Crippen LogP contribution in [0.2, 0.25) is 0 Å². The summed E-state index contributed by atoms with van der Waals surface area (Å²) in [5.74, 6) is -2.60. The second-order valence-corrected chi connectivity index (χ2v) is 5.20. The van der Waals surface area contributed by atoms with Gasteiger partial charge in [-0.25, -0.2) is 0 Å². The van der Waals surface area contributed by atoms with Crippen LogP contribution in [0, 0.1) is 0 Å². The molecule has 0 heterocycles. The Morgan fingerprint density at radius 3 is 2.06 bits per heavy atom. The highest BCUT2D eigenvalue weighted by Crippen LogP contribution is 2.00. The molecule has 0 aliphatic carbocycles. The molecule has 0 aromatic rings. The van der Waals surface area contributed by atoms with Gasteiger partial charge in [0.25, 0.3) is 10.2 Å². The van der Waals surface area contributed by atoms with Crippen molar-refractivity contribution in [2.45, 2.75) is 38.8 Å². The van der Waals surface area contributed by atoms with Crippen LogP contribution in [-0.4, -0.2) is 42.7 Å². The maximum atomic E-state index is 11.4. The Labute approximate surface area is 99.2 Å². The minimum atomic E-state index is -3.95. The molecule has 100 valence electrons. The van der Waals surface area contributed by atoms with Gasteiger partial charge in [0.1, 0.15) is 6.04 Å². The van der Waals surface area contributed by atoms with Crippen LogP contribution in [0.5, 0.6) is 0 Å². The number of carboxylic acid groups (broad SMARTS) is 2. The Kier molecular flexibility index (Phi) is 6.07. The zero-order valence-electron chi connectivity index (χ0n) is 9.50. The van der Waals surface area contributed by atoms with Crippen LogP contribution in [-0.2, 0) is 19.8 Å². The molecule has 9 heteroatoms. The minimum absolute atomic E-state index is 0.316. The van der Waals surface area contributed by atoms with E-state index >= 15 is 0 Å². The predicted octanol–water partition coefficient (Wildman–Crippen LogP) is -0.863. The first-order chi connectivity index (χ1) is 7.64. The summed E-state index contributed by atoms with van der Waals surface area (Å²) in [6.45, 7) is 3.15. The van der Waals surface area contributed by atoms with Crippen LogP contribution in [0.15, 0.2) is 0 Å². The highest BCUT2D eigenvalue weighted by atomic mass is 32.2. The molecular formula is C8H16N2O6S. The molecule has 0 aliphatic heterocycles. The van der Waals surface area contributed by atoms with Gasteiger partial charge < -0.3 is 10.2 Å². The summed E-state index contributed by atoms with van der Waals surface area (Å²) < 4.78 is 26.8. The number of nitrogens with one attached hydrogen (secondary N) is 2. The van der Waals surface area contributed by atoms with E-state index in [1.54, 1.807) is 13.8 Å². The van der Waals surface area contributed by atoms with Gasteiger partial charge >= 0.3 is 11.9 Å². The monoisotopic (exact) mass is 268 g/mol. The number of hydrogen-bond donors (Lipinski definition) is 4. The van der Waals surface area contributed by atoms with E-state index < -0.39 is 34.6 Å². The molecule has 4 N–H and O–H groups in total. The third kappa shape index (κ3) is 7.66. The number of carbonyl (C=O) groups is 2. The molecule has 0 spiro atoms. The van der Waals surface area contributed by atoms with Crippen molar-refractivity contribution in [3.05, 3.63) is 0 Å². The Hall–Kier alpha value is -1.19. The van der Waals surface area contributed by atoms with Gasteiger partial charge in [0.05, 0.1) is 0 Å². The SMILES string of the molecule is CC(C)NS(=O)(=O)N[C@@H](CCC(=O)O)C(=O)O. The van der Waals surface area contributed by atoms with Crippen molar-refractivity contribution < 1.29 is 28.2 Å². The summed E-state index contributed by atoms with van der Waals surface area (Å²) in [4.78, 5) is 21.0. The average Bonchev–Trinajstić information content (AvgIpc) is 2.09. The van der Waals surface area contributed by atoms with Gasteiger partial charge in [-0.1, -0.05) is 0 Å². The fourth-order valence-electron chi connectivity index (χ4n) is 1.03. The maximum Gasteiger partial charge on any atom is 0.321 e. The Morgan fingerprint density at radius 1 is 1.18 bits per heavy atom. The zero-order chi connectivity index (χ0) is 13.6. The van der Waals surface area contributed by atoms with Crippen LogP contribution in [0.25, 0.3) is 0 Å². The molecule has 0 saturated carbocycles. The van der Waals surface area contributed by atoms with E-state index in [2.05, 4.69) is 4.72 Å². The number of carboxylic acids is 2. The first-order valence-electron chi connectivity index (χ1n) is 4.88. The summed E-state index contributed by atoms with van der Waals surface area (Å²) in [6.07, 6.45) is -0.745. The molecule has 0 amide bonds. The molecular weight excluding hydrogens is 252 g/mol. The molecule has 1 atom stereocenters. The van der Waals surface area contributed by atoms with Gasteiger partial charge in [0, 0.05) is 12.5 Å². The van der Waals surface area contributed by atoms with Crippen molar-refractivity contribution in [1.29, 1.82) is 0 Å². The molecule has 0 aliphatic rings. The molecule has 0 unspecified atom stereocenters. The van der Waals surface area contributed by atoms with Crippen molar-refractivity contribution >= 4 is 22.1 Å². The summed E-state index contributed by atoms with van der Waals surface area (Å²) in [6, 6.07) is -1.84. The second-order valence-electron chi connectivity index (χ2n) is 3.72. The molecule has 0 saturated heterocycles. The zero-order valence-corrected chi connectivity index (χ0v) is 10.3. The molecule has 17 heavy (non-hydrogen) atoms. The maximum absolute atomic E-state index is 11.4. The van der Waals surface area contributed by atoms with Crippen LogP contribution < -0.4 is 9.44 Å².